The van der Waals surface area contributed by atoms with E-state index in [-0.39, 0.29) is 39.0 Å². The summed E-state index contributed by atoms with van der Waals surface area (Å²) in [6.07, 6.45) is 2.94. The van der Waals surface area contributed by atoms with Crippen molar-refractivity contribution >= 4 is 14.3 Å². The standard InChI is InChI=1S/C28H44O5Si/c1-15-13-27-16(2)11-19-20(26(19,9)10)18(22(27)30)12-17-14-32-34(24(3,4)5,25(6,7)8)33-23(17)28(27,31)21(15)29/h12-13,16,18-21,23,29,31H,11,14H2,1-10H3/t16-,18+,19-,20+,21+,23-,27+,28-/m1/s1. The van der Waals surface area contributed by atoms with E-state index < -0.39 is 31.8 Å². The molecule has 5 nitrogen and oxygen atoms in total. The zero-order valence-corrected chi connectivity index (χ0v) is 23.7. The Morgan fingerprint density at radius 3 is 2.26 bits per heavy atom. The van der Waals surface area contributed by atoms with Crippen LogP contribution in [0.2, 0.25) is 10.1 Å². The summed E-state index contributed by atoms with van der Waals surface area (Å²) < 4.78 is 13.9. The highest BCUT2D eigenvalue weighted by Crippen LogP contribution is 2.72. The lowest BCUT2D eigenvalue weighted by molar-refractivity contribution is -0.194. The van der Waals surface area contributed by atoms with Crippen molar-refractivity contribution in [3.63, 3.8) is 0 Å². The molecule has 190 valence electrons. The molecule has 1 heterocycles. The van der Waals surface area contributed by atoms with Crippen molar-refractivity contribution in [1.82, 2.24) is 0 Å². The van der Waals surface area contributed by atoms with E-state index in [1.165, 1.54) is 0 Å². The van der Waals surface area contributed by atoms with Gasteiger partial charge in [-0.15, -0.1) is 0 Å². The summed E-state index contributed by atoms with van der Waals surface area (Å²) >= 11 is 0. The van der Waals surface area contributed by atoms with Gasteiger partial charge in [0.25, 0.3) is 0 Å². The number of fused-ring (bicyclic) bond motifs is 5. The SMILES string of the molecule is CC1=C[C@]23C(=O)[C@@H](C=C4CO[Si](C(C)(C)C)(C(C)(C)C)O[C@H]4[C@]2(O)[C@H]1O)[C@H]1[C@@H](C[C@H]3C)C1(C)C. The van der Waals surface area contributed by atoms with E-state index in [1.807, 2.05) is 13.0 Å². The smallest absolute Gasteiger partial charge is 0.350 e. The molecule has 3 fully saturated rings. The third-order valence-electron chi connectivity index (χ3n) is 10.4. The van der Waals surface area contributed by atoms with Crippen molar-refractivity contribution in [3.8, 4) is 0 Å². The van der Waals surface area contributed by atoms with Gasteiger partial charge in [-0.05, 0) is 47.7 Å². The monoisotopic (exact) mass is 488 g/mol. The van der Waals surface area contributed by atoms with Gasteiger partial charge in [-0.25, -0.2) is 0 Å². The Kier molecular flexibility index (Phi) is 4.93. The van der Waals surface area contributed by atoms with Gasteiger partial charge in [-0.2, -0.15) is 0 Å². The fourth-order valence-electron chi connectivity index (χ4n) is 8.86. The van der Waals surface area contributed by atoms with Crippen LogP contribution in [0.5, 0.6) is 0 Å². The van der Waals surface area contributed by atoms with E-state index in [9.17, 15) is 15.0 Å². The highest BCUT2D eigenvalue weighted by atomic mass is 28.4. The minimum atomic E-state index is -2.96. The molecule has 8 atom stereocenters. The fourth-order valence-corrected chi connectivity index (χ4v) is 13.8. The van der Waals surface area contributed by atoms with Crippen LogP contribution in [0.3, 0.4) is 0 Å². The van der Waals surface area contributed by atoms with E-state index >= 15 is 0 Å². The van der Waals surface area contributed by atoms with Crippen LogP contribution in [-0.4, -0.2) is 49.0 Å². The molecular formula is C28H44O5Si. The largest absolute Gasteiger partial charge is 0.389 e. The number of carbonyl (C=O) groups excluding carboxylic acids is 1. The third-order valence-corrected chi connectivity index (χ3v) is 15.5. The lowest BCUT2D eigenvalue weighted by Crippen LogP contribution is -2.71. The van der Waals surface area contributed by atoms with E-state index in [1.54, 1.807) is 0 Å². The summed E-state index contributed by atoms with van der Waals surface area (Å²) in [6.45, 7) is 21.7. The van der Waals surface area contributed by atoms with Crippen molar-refractivity contribution in [2.24, 2.45) is 34.5 Å². The Labute approximate surface area is 206 Å². The van der Waals surface area contributed by atoms with Crippen LogP contribution in [0.25, 0.3) is 0 Å². The van der Waals surface area contributed by atoms with E-state index in [4.69, 9.17) is 8.85 Å². The van der Waals surface area contributed by atoms with Crippen LogP contribution in [0.15, 0.2) is 23.3 Å². The molecule has 0 aromatic rings. The minimum absolute atomic E-state index is 0.0563. The summed E-state index contributed by atoms with van der Waals surface area (Å²) in [5, 5.41) is 23.8. The van der Waals surface area contributed by atoms with Crippen LogP contribution in [0.1, 0.15) is 75.7 Å². The molecule has 0 amide bonds. The first kappa shape index (κ1) is 24.9. The summed E-state index contributed by atoms with van der Waals surface area (Å²) in [7, 11) is -2.96. The van der Waals surface area contributed by atoms with Crippen molar-refractivity contribution in [2.75, 3.05) is 6.61 Å². The zero-order valence-electron chi connectivity index (χ0n) is 22.7. The predicted octanol–water partition coefficient (Wildman–Crippen LogP) is 4.92. The quantitative estimate of drug-likeness (QED) is 0.374. The molecule has 6 heteroatoms. The molecule has 0 aromatic carbocycles. The highest BCUT2D eigenvalue weighted by molar-refractivity contribution is 6.73. The number of allylic oxidation sites excluding steroid dienone is 1. The van der Waals surface area contributed by atoms with Crippen LogP contribution >= 0.6 is 0 Å². The summed E-state index contributed by atoms with van der Waals surface area (Å²) in [4.78, 5) is 14.5. The van der Waals surface area contributed by atoms with Gasteiger partial charge in [-0.3, -0.25) is 4.79 Å². The molecule has 4 aliphatic carbocycles. The Morgan fingerprint density at radius 1 is 1.12 bits per heavy atom. The summed E-state index contributed by atoms with van der Waals surface area (Å²) in [5.41, 5.74) is -1.31. The van der Waals surface area contributed by atoms with Crippen LogP contribution < -0.4 is 0 Å². The minimum Gasteiger partial charge on any atom is -0.389 e. The third kappa shape index (κ3) is 2.62. The maximum atomic E-state index is 14.5. The van der Waals surface area contributed by atoms with E-state index in [0.717, 1.165) is 12.0 Å². The molecule has 2 bridgehead atoms. The van der Waals surface area contributed by atoms with Gasteiger partial charge in [0.1, 0.15) is 17.8 Å². The number of aliphatic hydroxyl groups is 2. The maximum absolute atomic E-state index is 14.5. The second kappa shape index (κ2) is 6.74. The molecule has 1 aliphatic heterocycles. The molecule has 0 radical (unpaired) electrons. The average molecular weight is 489 g/mol. The van der Waals surface area contributed by atoms with Gasteiger partial charge < -0.3 is 19.1 Å². The first-order valence-corrected chi connectivity index (χ1v) is 14.9. The molecular weight excluding hydrogens is 444 g/mol. The van der Waals surface area contributed by atoms with Crippen LogP contribution in [0, 0.1) is 34.5 Å². The second-order valence-corrected chi connectivity index (χ2v) is 19.4. The first-order valence-electron chi connectivity index (χ1n) is 13.0. The number of hydrogen-bond acceptors (Lipinski definition) is 5. The predicted molar refractivity (Wildman–Crippen MR) is 134 cm³/mol. The van der Waals surface area contributed by atoms with Gasteiger partial charge in [0.15, 0.2) is 5.78 Å². The van der Waals surface area contributed by atoms with Gasteiger partial charge in [0.05, 0.1) is 12.0 Å². The number of carbonyl (C=O) groups is 1. The number of rotatable bonds is 0. The normalized spacial score (nSPS) is 46.9. The second-order valence-electron chi connectivity index (χ2n) is 14.6. The van der Waals surface area contributed by atoms with E-state index in [2.05, 4.69) is 68.4 Å². The molecule has 1 spiro atoms. The number of ketones is 1. The molecule has 2 saturated carbocycles. The number of aliphatic hydroxyl groups excluding tert-OH is 1. The van der Waals surface area contributed by atoms with Gasteiger partial charge >= 0.3 is 8.56 Å². The number of hydrogen-bond donors (Lipinski definition) is 2. The van der Waals surface area contributed by atoms with Gasteiger partial charge in [0.2, 0.25) is 0 Å². The maximum Gasteiger partial charge on any atom is 0.350 e. The molecule has 2 N–H and O–H groups in total. The Bertz CT molecular complexity index is 983. The van der Waals surface area contributed by atoms with Crippen LogP contribution in [0.4, 0.5) is 0 Å². The lowest BCUT2D eigenvalue weighted by atomic mass is 9.59. The Hall–Kier alpha value is -0.793. The summed E-state index contributed by atoms with van der Waals surface area (Å²) in [6, 6.07) is 0. The molecule has 34 heavy (non-hydrogen) atoms. The Balaban J connectivity index is 1.76. The number of Topliss-reactive ketones (excluding diaryl/α,β-unsaturated/α-hetero) is 1. The molecule has 5 rings (SSSR count). The zero-order chi connectivity index (χ0) is 25.4. The topological polar surface area (TPSA) is 76.0 Å². The Morgan fingerprint density at radius 2 is 1.71 bits per heavy atom. The van der Waals surface area contributed by atoms with Crippen molar-refractivity contribution < 1.29 is 23.9 Å². The van der Waals surface area contributed by atoms with Crippen molar-refractivity contribution in [1.29, 1.82) is 0 Å². The van der Waals surface area contributed by atoms with E-state index in [0.29, 0.717) is 18.1 Å². The first-order chi connectivity index (χ1) is 15.4. The molecule has 0 aromatic heterocycles. The lowest BCUT2D eigenvalue weighted by Gasteiger charge is -2.58. The van der Waals surface area contributed by atoms with Crippen LogP contribution in [-0.2, 0) is 13.6 Å². The summed E-state index contributed by atoms with van der Waals surface area (Å²) in [5.74, 6) is 0.342. The van der Waals surface area contributed by atoms with Crippen molar-refractivity contribution in [3.05, 3.63) is 23.3 Å². The molecule has 0 unspecified atom stereocenters. The van der Waals surface area contributed by atoms with Gasteiger partial charge in [0, 0.05) is 16.0 Å². The molecule has 1 saturated heterocycles. The van der Waals surface area contributed by atoms with Crippen molar-refractivity contribution in [2.45, 2.75) is 104 Å². The highest BCUT2D eigenvalue weighted by Gasteiger charge is 2.77. The fraction of sp³-hybridized carbons (Fsp3) is 0.821. The van der Waals surface area contributed by atoms with Gasteiger partial charge in [-0.1, -0.05) is 74.5 Å². The average Bonchev–Trinajstić information content (AvgIpc) is 3.21. The molecule has 5 aliphatic rings.